The maximum absolute atomic E-state index is 11.0. The Hall–Kier alpha value is -0.910. The number of thioether (sulfide) groups is 1. The Morgan fingerprint density at radius 2 is 2.20 bits per heavy atom. The van der Waals surface area contributed by atoms with Crippen LogP contribution in [0.3, 0.4) is 0 Å². The van der Waals surface area contributed by atoms with Crippen LogP contribution >= 0.6 is 11.8 Å². The molecule has 20 heavy (non-hydrogen) atoms. The Balaban J connectivity index is 2.28. The van der Waals surface area contributed by atoms with Gasteiger partial charge in [0.2, 0.25) is 0 Å². The van der Waals surface area contributed by atoms with Crippen molar-refractivity contribution in [3.05, 3.63) is 0 Å². The summed E-state index contributed by atoms with van der Waals surface area (Å²) in [6.07, 6.45) is 2.28. The van der Waals surface area contributed by atoms with Crippen molar-refractivity contribution in [1.82, 2.24) is 10.2 Å². The predicted molar refractivity (Wildman–Crippen MR) is 85.3 cm³/mol. The summed E-state index contributed by atoms with van der Waals surface area (Å²) >= 11 is 2.01. The number of hydrogen-bond acceptors (Lipinski definition) is 4. The Morgan fingerprint density at radius 3 is 2.80 bits per heavy atom. The molecule has 0 radical (unpaired) electrons. The number of nitrogens with zero attached hydrogens (tertiary/aromatic N) is 2. The van der Waals surface area contributed by atoms with Crippen LogP contribution in [-0.2, 0) is 9.53 Å². The normalized spacial score (nSPS) is 18.8. The lowest BCUT2D eigenvalue weighted by atomic mass is 10.2. The van der Waals surface area contributed by atoms with E-state index < -0.39 is 0 Å². The lowest BCUT2D eigenvalue weighted by molar-refractivity contribution is -0.140. The van der Waals surface area contributed by atoms with Crippen molar-refractivity contribution >= 4 is 23.7 Å². The molecule has 1 N–H and O–H groups in total. The number of unbranched alkanes of at least 4 members (excludes halogenated alkanes) is 1. The van der Waals surface area contributed by atoms with Crippen LogP contribution in [0.5, 0.6) is 0 Å². The molecule has 0 aliphatic carbocycles. The summed E-state index contributed by atoms with van der Waals surface area (Å²) in [5.74, 6) is 1.97. The van der Waals surface area contributed by atoms with Gasteiger partial charge in [-0.25, -0.2) is 0 Å². The van der Waals surface area contributed by atoms with Gasteiger partial charge in [0, 0.05) is 43.6 Å². The lowest BCUT2D eigenvalue weighted by Gasteiger charge is -2.39. The summed E-state index contributed by atoms with van der Waals surface area (Å²) in [4.78, 5) is 17.7. The highest BCUT2D eigenvalue weighted by Crippen LogP contribution is 2.29. The summed E-state index contributed by atoms with van der Waals surface area (Å²) in [6, 6.07) is 0. The second kappa shape index (κ2) is 8.39. The van der Waals surface area contributed by atoms with Gasteiger partial charge in [-0.05, 0) is 26.7 Å². The van der Waals surface area contributed by atoms with E-state index in [1.165, 1.54) is 7.11 Å². The average Bonchev–Trinajstić information content (AvgIpc) is 2.41. The summed E-state index contributed by atoms with van der Waals surface area (Å²) < 4.78 is 4.90. The number of carbonyl (C=O) groups is 1. The van der Waals surface area contributed by atoms with Gasteiger partial charge in [-0.15, -0.1) is 0 Å². The third kappa shape index (κ3) is 6.03. The molecule has 1 aliphatic heterocycles. The topological polar surface area (TPSA) is 53.9 Å². The van der Waals surface area contributed by atoms with Crippen molar-refractivity contribution in [2.75, 3.05) is 39.5 Å². The smallest absolute Gasteiger partial charge is 0.305 e. The molecule has 1 aliphatic rings. The summed E-state index contributed by atoms with van der Waals surface area (Å²) in [6.45, 7) is 7.43. The molecule has 0 saturated carbocycles. The van der Waals surface area contributed by atoms with Crippen molar-refractivity contribution < 1.29 is 9.53 Å². The minimum absolute atomic E-state index is 0.135. The number of hydrogen-bond donors (Lipinski definition) is 1. The molecule has 0 amide bonds. The number of guanidine groups is 1. The predicted octanol–water partition coefficient (Wildman–Crippen LogP) is 1.73. The van der Waals surface area contributed by atoms with Crippen molar-refractivity contribution in [3.8, 4) is 0 Å². The fourth-order valence-corrected chi connectivity index (χ4v) is 3.34. The molecule has 0 aromatic rings. The van der Waals surface area contributed by atoms with E-state index in [9.17, 15) is 4.79 Å². The highest BCUT2D eigenvalue weighted by molar-refractivity contribution is 8.00. The summed E-state index contributed by atoms with van der Waals surface area (Å²) in [5.41, 5.74) is 0. The van der Waals surface area contributed by atoms with Gasteiger partial charge in [0.1, 0.15) is 0 Å². The zero-order chi connectivity index (χ0) is 15.0. The summed E-state index contributed by atoms with van der Waals surface area (Å²) in [5, 5.41) is 3.38. The molecule has 6 heteroatoms. The van der Waals surface area contributed by atoms with Crippen molar-refractivity contribution in [2.24, 2.45) is 4.99 Å². The maximum Gasteiger partial charge on any atom is 0.305 e. The van der Waals surface area contributed by atoms with E-state index >= 15 is 0 Å². The largest absolute Gasteiger partial charge is 0.469 e. The Labute approximate surface area is 126 Å². The number of rotatable bonds is 5. The quantitative estimate of drug-likeness (QED) is 0.363. The van der Waals surface area contributed by atoms with E-state index in [1.807, 2.05) is 18.8 Å². The van der Waals surface area contributed by atoms with E-state index in [2.05, 4.69) is 33.8 Å². The molecule has 1 fully saturated rings. The second-order valence-electron chi connectivity index (χ2n) is 5.54. The van der Waals surface area contributed by atoms with Gasteiger partial charge in [-0.3, -0.25) is 9.79 Å². The third-order valence-corrected chi connectivity index (χ3v) is 4.55. The minimum atomic E-state index is -0.135. The number of carbonyl (C=O) groups excluding carboxylic acids is 1. The highest BCUT2D eigenvalue weighted by atomic mass is 32.2. The monoisotopic (exact) mass is 301 g/mol. The second-order valence-corrected chi connectivity index (χ2v) is 7.34. The minimum Gasteiger partial charge on any atom is -0.469 e. The molecule has 1 heterocycles. The Bertz CT molecular complexity index is 345. The fraction of sp³-hybridized carbons (Fsp3) is 0.857. The number of nitrogens with one attached hydrogen (secondary N) is 1. The molecule has 1 rings (SSSR count). The van der Waals surface area contributed by atoms with Gasteiger partial charge in [0.05, 0.1) is 7.11 Å². The molecule has 0 atom stereocenters. The molecular weight excluding hydrogens is 274 g/mol. The van der Waals surface area contributed by atoms with E-state index in [-0.39, 0.29) is 10.7 Å². The van der Waals surface area contributed by atoms with Crippen molar-refractivity contribution in [3.63, 3.8) is 0 Å². The molecule has 0 bridgehead atoms. The van der Waals surface area contributed by atoms with Gasteiger partial charge in [-0.2, -0.15) is 11.8 Å². The lowest BCUT2D eigenvalue weighted by Crippen LogP contribution is -2.51. The number of aliphatic imine (C=N–C) groups is 1. The first-order valence-corrected chi connectivity index (χ1v) is 8.13. The molecule has 0 unspecified atom stereocenters. The molecule has 1 saturated heterocycles. The number of ether oxygens (including phenoxy) is 1. The van der Waals surface area contributed by atoms with Crippen LogP contribution in [0.1, 0.15) is 33.1 Å². The first-order valence-electron chi connectivity index (χ1n) is 7.15. The fourth-order valence-electron chi connectivity index (χ4n) is 2.23. The summed E-state index contributed by atoms with van der Waals surface area (Å²) in [7, 11) is 3.25. The van der Waals surface area contributed by atoms with E-state index in [1.54, 1.807) is 0 Å². The van der Waals surface area contributed by atoms with Gasteiger partial charge in [0.25, 0.3) is 0 Å². The molecule has 0 aromatic heterocycles. The maximum atomic E-state index is 11.0. The highest BCUT2D eigenvalue weighted by Gasteiger charge is 2.28. The van der Waals surface area contributed by atoms with E-state index in [0.717, 1.165) is 44.2 Å². The Morgan fingerprint density at radius 1 is 1.45 bits per heavy atom. The third-order valence-electron chi connectivity index (χ3n) is 3.26. The molecular formula is C14H27N3O2S. The molecule has 0 aromatic carbocycles. The van der Waals surface area contributed by atoms with Gasteiger partial charge >= 0.3 is 5.97 Å². The molecule has 0 spiro atoms. The van der Waals surface area contributed by atoms with Crippen molar-refractivity contribution in [1.29, 1.82) is 0 Å². The molecule has 116 valence electrons. The Kier molecular flexibility index (Phi) is 7.19. The van der Waals surface area contributed by atoms with Crippen LogP contribution in [0.4, 0.5) is 0 Å². The van der Waals surface area contributed by atoms with Gasteiger partial charge in [-0.1, -0.05) is 0 Å². The number of methoxy groups -OCH3 is 1. The van der Waals surface area contributed by atoms with Crippen LogP contribution in [-0.4, -0.2) is 61.1 Å². The zero-order valence-electron chi connectivity index (χ0n) is 13.1. The zero-order valence-corrected chi connectivity index (χ0v) is 13.9. The van der Waals surface area contributed by atoms with E-state index in [4.69, 9.17) is 0 Å². The SMILES string of the molecule is CN=C(NCCCCC(=O)OC)N1CCSC(C)(C)C1. The first kappa shape index (κ1) is 17.1. The standard InChI is InChI=1S/C14H27N3O2S/c1-14(2)11-17(9-10-20-14)13(15-3)16-8-6-5-7-12(18)19-4/h5-11H2,1-4H3,(H,15,16). The molecule has 5 nitrogen and oxygen atoms in total. The van der Waals surface area contributed by atoms with Gasteiger partial charge < -0.3 is 15.0 Å². The van der Waals surface area contributed by atoms with Crippen molar-refractivity contribution in [2.45, 2.75) is 37.9 Å². The van der Waals surface area contributed by atoms with Gasteiger partial charge in [0.15, 0.2) is 5.96 Å². The first-order chi connectivity index (χ1) is 9.48. The average molecular weight is 301 g/mol. The van der Waals surface area contributed by atoms with E-state index in [0.29, 0.717) is 6.42 Å². The number of esters is 1. The van der Waals surface area contributed by atoms with Crippen LogP contribution in [0.2, 0.25) is 0 Å². The van der Waals surface area contributed by atoms with Crippen LogP contribution < -0.4 is 5.32 Å². The van der Waals surface area contributed by atoms with Crippen LogP contribution in [0, 0.1) is 0 Å². The van der Waals surface area contributed by atoms with Crippen LogP contribution in [0.25, 0.3) is 0 Å². The van der Waals surface area contributed by atoms with Crippen LogP contribution in [0.15, 0.2) is 4.99 Å².